The first-order chi connectivity index (χ1) is 9.69. The molecule has 108 valence electrons. The van der Waals surface area contributed by atoms with Gasteiger partial charge in [0.15, 0.2) is 0 Å². The van der Waals surface area contributed by atoms with Crippen molar-refractivity contribution < 1.29 is 8.81 Å². The van der Waals surface area contributed by atoms with Crippen molar-refractivity contribution in [2.24, 2.45) is 0 Å². The monoisotopic (exact) mass is 278 g/mol. The predicted octanol–water partition coefficient (Wildman–Crippen LogP) is 2.34. The van der Waals surface area contributed by atoms with Gasteiger partial charge in [-0.05, 0) is 30.7 Å². The molecule has 0 aliphatic rings. The summed E-state index contributed by atoms with van der Waals surface area (Å²) in [6, 6.07) is 6.83. The molecule has 0 fully saturated rings. The van der Waals surface area contributed by atoms with E-state index in [4.69, 9.17) is 4.42 Å². The summed E-state index contributed by atoms with van der Waals surface area (Å²) in [5, 5.41) is 11.2. The fraction of sp³-hybridized carbons (Fsp3) is 0.429. The van der Waals surface area contributed by atoms with Crippen LogP contribution >= 0.6 is 0 Å². The van der Waals surface area contributed by atoms with Gasteiger partial charge in [0.05, 0.1) is 6.54 Å². The van der Waals surface area contributed by atoms with E-state index >= 15 is 0 Å². The minimum Gasteiger partial charge on any atom is -0.407 e. The van der Waals surface area contributed by atoms with E-state index in [0.717, 1.165) is 18.5 Å². The lowest BCUT2D eigenvalue weighted by molar-refractivity contribution is 0.465. The molecule has 0 saturated carbocycles. The van der Waals surface area contributed by atoms with Gasteiger partial charge in [-0.3, -0.25) is 0 Å². The second-order valence-corrected chi connectivity index (χ2v) is 4.64. The molecular formula is C14H19FN4O. The lowest BCUT2D eigenvalue weighted by Gasteiger charge is -2.13. The van der Waals surface area contributed by atoms with Crippen LogP contribution in [0.4, 0.5) is 10.4 Å². The van der Waals surface area contributed by atoms with Gasteiger partial charge in [0, 0.05) is 13.6 Å². The minimum atomic E-state index is -0.238. The summed E-state index contributed by atoms with van der Waals surface area (Å²) in [7, 11) is 1.86. The van der Waals surface area contributed by atoms with Crippen molar-refractivity contribution >= 4 is 6.01 Å². The molecule has 0 atom stereocenters. The SMILES string of the molecule is CCCNCc1nnc(N(C)Cc2ccc(F)cc2)o1. The quantitative estimate of drug-likeness (QED) is 0.788. The zero-order chi connectivity index (χ0) is 14.4. The van der Waals surface area contributed by atoms with Crippen molar-refractivity contribution in [3.63, 3.8) is 0 Å². The van der Waals surface area contributed by atoms with Crippen molar-refractivity contribution in [1.82, 2.24) is 15.5 Å². The Morgan fingerprint density at radius 2 is 2.00 bits per heavy atom. The average molecular weight is 278 g/mol. The van der Waals surface area contributed by atoms with E-state index in [0.29, 0.717) is 25.0 Å². The maximum atomic E-state index is 12.8. The molecule has 1 aromatic heterocycles. The second-order valence-electron chi connectivity index (χ2n) is 4.64. The van der Waals surface area contributed by atoms with Crippen molar-refractivity contribution in [2.75, 3.05) is 18.5 Å². The molecule has 0 radical (unpaired) electrons. The van der Waals surface area contributed by atoms with Gasteiger partial charge in [0.2, 0.25) is 5.89 Å². The summed E-state index contributed by atoms with van der Waals surface area (Å²) in [5.74, 6) is 0.331. The second kappa shape index (κ2) is 7.00. The van der Waals surface area contributed by atoms with Crippen LogP contribution in [-0.2, 0) is 13.1 Å². The molecule has 1 N–H and O–H groups in total. The summed E-state index contributed by atoms with van der Waals surface area (Å²) < 4.78 is 18.4. The van der Waals surface area contributed by atoms with Crippen LogP contribution in [0.5, 0.6) is 0 Å². The maximum Gasteiger partial charge on any atom is 0.318 e. The van der Waals surface area contributed by atoms with E-state index < -0.39 is 0 Å². The number of benzene rings is 1. The van der Waals surface area contributed by atoms with E-state index in [9.17, 15) is 4.39 Å². The lowest BCUT2D eigenvalue weighted by Crippen LogP contribution is -2.16. The highest BCUT2D eigenvalue weighted by Gasteiger charge is 2.10. The van der Waals surface area contributed by atoms with Gasteiger partial charge in [0.25, 0.3) is 0 Å². The normalized spacial score (nSPS) is 10.8. The molecule has 0 saturated heterocycles. The summed E-state index contributed by atoms with van der Waals surface area (Å²) in [4.78, 5) is 1.84. The van der Waals surface area contributed by atoms with Gasteiger partial charge in [-0.2, -0.15) is 0 Å². The van der Waals surface area contributed by atoms with Crippen molar-refractivity contribution in [2.45, 2.75) is 26.4 Å². The molecule has 5 nitrogen and oxygen atoms in total. The average Bonchev–Trinajstić information content (AvgIpc) is 2.91. The standard InChI is InChI=1S/C14H19FN4O/c1-3-8-16-9-13-17-18-14(20-13)19(2)10-11-4-6-12(15)7-5-11/h4-7,16H,3,8-10H2,1-2H3. The molecule has 0 aliphatic carbocycles. The zero-order valence-corrected chi connectivity index (χ0v) is 11.8. The number of aromatic nitrogens is 2. The van der Waals surface area contributed by atoms with Gasteiger partial charge < -0.3 is 14.6 Å². The molecule has 2 aromatic rings. The molecule has 2 rings (SSSR count). The third-order valence-electron chi connectivity index (χ3n) is 2.82. The van der Waals surface area contributed by atoms with Crippen LogP contribution in [0, 0.1) is 5.82 Å². The maximum absolute atomic E-state index is 12.8. The zero-order valence-electron chi connectivity index (χ0n) is 11.8. The van der Waals surface area contributed by atoms with Crippen molar-refractivity contribution in [1.29, 1.82) is 0 Å². The molecular weight excluding hydrogens is 259 g/mol. The van der Waals surface area contributed by atoms with Crippen LogP contribution in [0.25, 0.3) is 0 Å². The van der Waals surface area contributed by atoms with Crippen LogP contribution in [0.2, 0.25) is 0 Å². The van der Waals surface area contributed by atoms with Crippen LogP contribution in [0.3, 0.4) is 0 Å². The number of anilines is 1. The van der Waals surface area contributed by atoms with Crippen LogP contribution in [0.15, 0.2) is 28.7 Å². The number of nitrogens with zero attached hydrogens (tertiary/aromatic N) is 3. The predicted molar refractivity (Wildman–Crippen MR) is 74.8 cm³/mol. The lowest BCUT2D eigenvalue weighted by atomic mass is 10.2. The molecule has 1 heterocycles. The van der Waals surface area contributed by atoms with Gasteiger partial charge in [-0.1, -0.05) is 24.2 Å². The summed E-state index contributed by atoms with van der Waals surface area (Å²) in [6.07, 6.45) is 1.06. The molecule has 0 amide bonds. The highest BCUT2D eigenvalue weighted by molar-refractivity contribution is 5.27. The Labute approximate surface area is 117 Å². The van der Waals surface area contributed by atoms with E-state index in [1.807, 2.05) is 11.9 Å². The molecule has 20 heavy (non-hydrogen) atoms. The van der Waals surface area contributed by atoms with E-state index in [1.54, 1.807) is 12.1 Å². The fourth-order valence-corrected chi connectivity index (χ4v) is 1.77. The minimum absolute atomic E-state index is 0.238. The van der Waals surface area contributed by atoms with Gasteiger partial charge >= 0.3 is 6.01 Å². The number of hydrogen-bond donors (Lipinski definition) is 1. The molecule has 6 heteroatoms. The molecule has 1 aromatic carbocycles. The first-order valence-electron chi connectivity index (χ1n) is 6.67. The molecule has 0 aliphatic heterocycles. The largest absolute Gasteiger partial charge is 0.407 e. The van der Waals surface area contributed by atoms with Crippen molar-refractivity contribution in [3.05, 3.63) is 41.5 Å². The summed E-state index contributed by atoms with van der Waals surface area (Å²) >= 11 is 0. The Hall–Kier alpha value is -1.95. The Morgan fingerprint density at radius 1 is 1.25 bits per heavy atom. The Balaban J connectivity index is 1.91. The molecule has 0 bridgehead atoms. The van der Waals surface area contributed by atoms with E-state index in [1.165, 1.54) is 12.1 Å². The van der Waals surface area contributed by atoms with E-state index in [2.05, 4.69) is 22.4 Å². The molecule has 0 spiro atoms. The number of hydrogen-bond acceptors (Lipinski definition) is 5. The smallest absolute Gasteiger partial charge is 0.318 e. The third-order valence-corrected chi connectivity index (χ3v) is 2.82. The number of halogens is 1. The fourth-order valence-electron chi connectivity index (χ4n) is 1.77. The topological polar surface area (TPSA) is 54.2 Å². The highest BCUT2D eigenvalue weighted by Crippen LogP contribution is 2.14. The van der Waals surface area contributed by atoms with Crippen LogP contribution < -0.4 is 10.2 Å². The van der Waals surface area contributed by atoms with Crippen LogP contribution in [-0.4, -0.2) is 23.8 Å². The van der Waals surface area contributed by atoms with Gasteiger partial charge in [-0.25, -0.2) is 4.39 Å². The summed E-state index contributed by atoms with van der Waals surface area (Å²) in [6.45, 7) is 4.18. The van der Waals surface area contributed by atoms with E-state index in [-0.39, 0.29) is 5.82 Å². The Morgan fingerprint density at radius 3 is 2.70 bits per heavy atom. The third kappa shape index (κ3) is 4.03. The van der Waals surface area contributed by atoms with Gasteiger partial charge in [0.1, 0.15) is 5.82 Å². The number of rotatable bonds is 7. The number of nitrogens with one attached hydrogen (secondary N) is 1. The first kappa shape index (κ1) is 14.5. The highest BCUT2D eigenvalue weighted by atomic mass is 19.1. The Bertz CT molecular complexity index is 526. The summed E-state index contributed by atoms with van der Waals surface area (Å²) in [5.41, 5.74) is 0.984. The van der Waals surface area contributed by atoms with Gasteiger partial charge in [-0.15, -0.1) is 5.10 Å². The molecule has 0 unspecified atom stereocenters. The Kier molecular flexibility index (Phi) is 5.06. The van der Waals surface area contributed by atoms with Crippen molar-refractivity contribution in [3.8, 4) is 0 Å². The first-order valence-corrected chi connectivity index (χ1v) is 6.67. The van der Waals surface area contributed by atoms with Crippen LogP contribution in [0.1, 0.15) is 24.8 Å².